The minimum atomic E-state index is -3.92. The van der Waals surface area contributed by atoms with Crippen molar-refractivity contribution in [3.05, 3.63) is 29.8 Å². The van der Waals surface area contributed by atoms with Gasteiger partial charge in [0.1, 0.15) is 5.78 Å². The second kappa shape index (κ2) is 6.81. The number of aryl methyl sites for hydroxylation is 1. The Balaban J connectivity index is 3.23. The van der Waals surface area contributed by atoms with Crippen LogP contribution in [0.4, 0.5) is 0 Å². The molecule has 0 saturated carbocycles. The maximum absolute atomic E-state index is 12.7. The summed E-state index contributed by atoms with van der Waals surface area (Å²) in [5.41, 5.74) is 0.444. The second-order valence-electron chi connectivity index (χ2n) is 8.27. The molecule has 6 heteroatoms. The lowest BCUT2D eigenvalue weighted by Gasteiger charge is -2.46. The quantitative estimate of drug-likeness (QED) is 0.763. The number of Topliss-reactive ketones (excluding diaryl/α,β-unsaturated/α-hetero) is 1. The maximum Gasteiger partial charge on any atom is 0.306 e. The van der Waals surface area contributed by atoms with Crippen molar-refractivity contribution >= 4 is 26.2 Å². The lowest BCUT2D eigenvalue weighted by Crippen LogP contribution is -2.36. The lowest BCUT2D eigenvalue weighted by atomic mass is 9.92. The molecule has 24 heavy (non-hydrogen) atoms. The topological polar surface area (TPSA) is 60.4 Å². The number of hydrogen-bond acceptors (Lipinski definition) is 4. The molecule has 0 aliphatic heterocycles. The van der Waals surface area contributed by atoms with E-state index in [1.165, 1.54) is 0 Å². The minimum absolute atomic E-state index is 0.00836. The molecule has 0 aromatic heterocycles. The highest BCUT2D eigenvalue weighted by Gasteiger charge is 2.42. The van der Waals surface area contributed by atoms with E-state index in [4.69, 9.17) is 3.63 Å². The van der Waals surface area contributed by atoms with Crippen LogP contribution in [0.1, 0.15) is 47.1 Å². The van der Waals surface area contributed by atoms with Crippen LogP contribution in [-0.2, 0) is 18.5 Å². The molecule has 0 aliphatic carbocycles. The van der Waals surface area contributed by atoms with Gasteiger partial charge in [0.25, 0.3) is 0 Å². The van der Waals surface area contributed by atoms with Crippen molar-refractivity contribution in [3.63, 3.8) is 0 Å². The Kier molecular flexibility index (Phi) is 6.01. The van der Waals surface area contributed by atoms with Crippen LogP contribution in [-0.4, -0.2) is 31.0 Å². The molecule has 0 amide bonds. The van der Waals surface area contributed by atoms with Crippen molar-refractivity contribution < 1.29 is 16.8 Å². The first-order valence-corrected chi connectivity index (χ1v) is 11.4. The van der Waals surface area contributed by atoms with Gasteiger partial charge in [-0.05, 0) is 25.3 Å². The van der Waals surface area contributed by atoms with Crippen LogP contribution >= 0.6 is 10.3 Å². The Hall–Kier alpha value is -0.850. The molecule has 1 aromatic carbocycles. The molecule has 4 nitrogen and oxygen atoms in total. The van der Waals surface area contributed by atoms with E-state index < -0.39 is 30.6 Å². The van der Waals surface area contributed by atoms with Crippen molar-refractivity contribution in [3.8, 4) is 0 Å². The molecule has 1 rings (SSSR count). The fourth-order valence-electron chi connectivity index (χ4n) is 1.75. The molecule has 0 fully saturated rings. The predicted molar refractivity (Wildman–Crippen MR) is 102 cm³/mol. The van der Waals surface area contributed by atoms with Crippen LogP contribution in [0.2, 0.25) is 0 Å². The van der Waals surface area contributed by atoms with Gasteiger partial charge < -0.3 is 0 Å². The summed E-state index contributed by atoms with van der Waals surface area (Å²) in [5.74, 6) is 0.125. The van der Waals surface area contributed by atoms with Gasteiger partial charge in [-0.15, -0.1) is 10.3 Å². The van der Waals surface area contributed by atoms with E-state index in [0.29, 0.717) is 0 Å². The standard InChI is InChI=1S/C18H30O4S2/c1-14-9-11-15(12-10-14)24(20,21)22-23(8,18(5,6)7)13-16(19)17(2,3)4/h9-12H,13H2,1-8H3. The summed E-state index contributed by atoms with van der Waals surface area (Å²) >= 11 is 0. The highest BCUT2D eigenvalue weighted by atomic mass is 32.3. The van der Waals surface area contributed by atoms with Gasteiger partial charge in [-0.1, -0.05) is 59.2 Å². The van der Waals surface area contributed by atoms with Crippen LogP contribution in [0.3, 0.4) is 0 Å². The van der Waals surface area contributed by atoms with Crippen molar-refractivity contribution in [2.24, 2.45) is 5.41 Å². The number of benzene rings is 1. The highest BCUT2D eigenvalue weighted by Crippen LogP contribution is 2.59. The molecule has 138 valence electrons. The molecule has 0 spiro atoms. The average molecular weight is 375 g/mol. The monoisotopic (exact) mass is 374 g/mol. The fourth-order valence-corrected chi connectivity index (χ4v) is 6.49. The van der Waals surface area contributed by atoms with Gasteiger partial charge >= 0.3 is 10.1 Å². The van der Waals surface area contributed by atoms with Gasteiger partial charge in [0.05, 0.1) is 10.6 Å². The summed E-state index contributed by atoms with van der Waals surface area (Å²) in [7, 11) is -6.12. The Morgan fingerprint density at radius 2 is 1.46 bits per heavy atom. The molecule has 0 bridgehead atoms. The predicted octanol–water partition coefficient (Wildman–Crippen LogP) is 4.46. The summed E-state index contributed by atoms with van der Waals surface area (Å²) in [5, 5.41) is 0. The SMILES string of the molecule is Cc1ccc(S(=O)(=O)OS(C)(CC(=O)C(C)(C)C)C(C)(C)C)cc1. The van der Waals surface area contributed by atoms with Gasteiger partial charge in [-0.3, -0.25) is 4.79 Å². The molecule has 0 heterocycles. The highest BCUT2D eigenvalue weighted by molar-refractivity contribution is 8.33. The van der Waals surface area contributed by atoms with E-state index in [9.17, 15) is 13.2 Å². The zero-order valence-electron chi connectivity index (χ0n) is 16.0. The molecule has 1 atom stereocenters. The molecule has 0 saturated heterocycles. The molecule has 0 radical (unpaired) electrons. The molecule has 0 N–H and O–H groups in total. The summed E-state index contributed by atoms with van der Waals surface area (Å²) in [6.07, 6.45) is 1.78. The largest absolute Gasteiger partial charge is 0.306 e. The molecule has 1 aromatic rings. The van der Waals surface area contributed by atoms with E-state index in [-0.39, 0.29) is 16.4 Å². The Morgan fingerprint density at radius 1 is 1.00 bits per heavy atom. The molecule has 1 unspecified atom stereocenters. The Labute approximate surface area is 148 Å². The number of hydrogen-bond donors (Lipinski definition) is 0. The van der Waals surface area contributed by atoms with Gasteiger partial charge in [-0.25, -0.2) is 3.63 Å². The van der Waals surface area contributed by atoms with Crippen molar-refractivity contribution in [1.29, 1.82) is 0 Å². The molecular formula is C18H30O4S2. The third kappa shape index (κ3) is 5.07. The lowest BCUT2D eigenvalue weighted by molar-refractivity contribution is -0.123. The van der Waals surface area contributed by atoms with E-state index >= 15 is 0 Å². The van der Waals surface area contributed by atoms with E-state index in [0.717, 1.165) is 5.56 Å². The van der Waals surface area contributed by atoms with Crippen molar-refractivity contribution in [2.75, 3.05) is 12.0 Å². The summed E-state index contributed by atoms with van der Waals surface area (Å²) in [4.78, 5) is 12.7. The Bertz CT molecular complexity index is 692. The number of carbonyl (C=O) groups is 1. The van der Waals surface area contributed by atoms with Crippen LogP contribution in [0.5, 0.6) is 0 Å². The summed E-state index contributed by atoms with van der Waals surface area (Å²) in [6, 6.07) is 6.55. The summed E-state index contributed by atoms with van der Waals surface area (Å²) in [6.45, 7) is 13.2. The Morgan fingerprint density at radius 3 is 1.83 bits per heavy atom. The first kappa shape index (κ1) is 21.2. The van der Waals surface area contributed by atoms with Crippen LogP contribution in [0, 0.1) is 12.3 Å². The fraction of sp³-hybridized carbons (Fsp3) is 0.611. The molecular weight excluding hydrogens is 344 g/mol. The number of carbonyl (C=O) groups excluding carboxylic acids is 1. The maximum atomic E-state index is 12.7. The average Bonchev–Trinajstić information content (AvgIpc) is 2.35. The first-order valence-electron chi connectivity index (χ1n) is 7.90. The van der Waals surface area contributed by atoms with Gasteiger partial charge in [0.15, 0.2) is 0 Å². The third-order valence-corrected chi connectivity index (χ3v) is 10.3. The minimum Gasteiger partial charge on any atom is -0.298 e. The third-order valence-electron chi connectivity index (χ3n) is 4.09. The van der Waals surface area contributed by atoms with E-state index in [1.54, 1.807) is 30.5 Å². The van der Waals surface area contributed by atoms with Crippen LogP contribution < -0.4 is 0 Å². The van der Waals surface area contributed by atoms with Crippen LogP contribution in [0.25, 0.3) is 0 Å². The normalized spacial score (nSPS) is 17.2. The van der Waals surface area contributed by atoms with Crippen molar-refractivity contribution in [2.45, 2.75) is 58.1 Å². The summed E-state index contributed by atoms with van der Waals surface area (Å²) < 4.78 is 30.7. The number of rotatable bonds is 5. The van der Waals surface area contributed by atoms with Gasteiger partial charge in [-0.2, -0.15) is 8.42 Å². The van der Waals surface area contributed by atoms with Crippen LogP contribution in [0.15, 0.2) is 29.2 Å². The number of ketones is 1. The first-order chi connectivity index (χ1) is 10.6. The van der Waals surface area contributed by atoms with Gasteiger partial charge in [0, 0.05) is 10.2 Å². The van der Waals surface area contributed by atoms with Crippen molar-refractivity contribution in [1.82, 2.24) is 0 Å². The second-order valence-corrected chi connectivity index (χ2v) is 13.7. The zero-order chi connectivity index (χ0) is 19.0. The smallest absolute Gasteiger partial charge is 0.298 e. The zero-order valence-corrected chi connectivity index (χ0v) is 17.6. The van der Waals surface area contributed by atoms with E-state index in [1.807, 2.05) is 48.5 Å². The van der Waals surface area contributed by atoms with E-state index in [2.05, 4.69) is 0 Å². The van der Waals surface area contributed by atoms with Gasteiger partial charge in [0.2, 0.25) is 0 Å². The molecule has 0 aliphatic rings.